The zero-order chi connectivity index (χ0) is 26.2. The summed E-state index contributed by atoms with van der Waals surface area (Å²) < 4.78 is 12.1. The molecule has 0 radical (unpaired) electrons. The van der Waals surface area contributed by atoms with E-state index in [4.69, 9.17) is 9.47 Å². The summed E-state index contributed by atoms with van der Waals surface area (Å²) in [4.78, 5) is 42.4. The number of benzene rings is 2. The largest absolute Gasteiger partial charge is 0.493 e. The van der Waals surface area contributed by atoms with Crippen molar-refractivity contribution in [2.45, 2.75) is 51.6 Å². The standard InChI is InChI=1S/C29H33N3O5/c1-3-20-17-27(23-9-4-5-11-25(23)31-20)37-16-7-6-15-36-26-12-8-10-22-24(26)18-32(29(22)35)21(19-33)13-14-28(34)30-2/h4-5,8-12,17,19,21H,3,6-7,13-16,18H2,1-2H3,(H,30,34). The van der Waals surface area contributed by atoms with Gasteiger partial charge in [-0.25, -0.2) is 0 Å². The van der Waals surface area contributed by atoms with E-state index in [0.29, 0.717) is 31.1 Å². The number of aromatic nitrogens is 1. The van der Waals surface area contributed by atoms with Crippen LogP contribution in [0.5, 0.6) is 11.5 Å². The minimum atomic E-state index is -0.653. The second kappa shape index (κ2) is 12.3. The fraction of sp³-hybridized carbons (Fsp3) is 0.379. The van der Waals surface area contributed by atoms with Gasteiger partial charge in [0.25, 0.3) is 5.91 Å². The maximum atomic E-state index is 12.9. The van der Waals surface area contributed by atoms with Crippen molar-refractivity contribution in [2.75, 3.05) is 20.3 Å². The molecular formula is C29H33N3O5. The molecule has 8 nitrogen and oxygen atoms in total. The third kappa shape index (κ3) is 6.07. The lowest BCUT2D eigenvalue weighted by atomic mass is 10.1. The predicted octanol–water partition coefficient (Wildman–Crippen LogP) is 4.08. The summed E-state index contributed by atoms with van der Waals surface area (Å²) in [6.07, 6.45) is 3.64. The van der Waals surface area contributed by atoms with Crippen molar-refractivity contribution in [3.63, 3.8) is 0 Å². The number of amides is 2. The van der Waals surface area contributed by atoms with Crippen LogP contribution in [0.2, 0.25) is 0 Å². The van der Waals surface area contributed by atoms with Crippen molar-refractivity contribution in [3.05, 3.63) is 65.4 Å². The van der Waals surface area contributed by atoms with Gasteiger partial charge in [0, 0.05) is 41.7 Å². The summed E-state index contributed by atoms with van der Waals surface area (Å²) in [5.41, 5.74) is 3.27. The van der Waals surface area contributed by atoms with Gasteiger partial charge in [0.1, 0.15) is 17.8 Å². The fourth-order valence-corrected chi connectivity index (χ4v) is 4.49. The molecule has 1 unspecified atom stereocenters. The number of nitrogens with one attached hydrogen (secondary N) is 1. The van der Waals surface area contributed by atoms with Crippen molar-refractivity contribution in [1.82, 2.24) is 15.2 Å². The van der Waals surface area contributed by atoms with Crippen LogP contribution < -0.4 is 14.8 Å². The molecule has 0 aliphatic carbocycles. The van der Waals surface area contributed by atoms with Crippen molar-refractivity contribution >= 4 is 29.0 Å². The average molecular weight is 504 g/mol. The van der Waals surface area contributed by atoms with Gasteiger partial charge in [0.05, 0.1) is 31.3 Å². The molecule has 2 aromatic carbocycles. The summed E-state index contributed by atoms with van der Waals surface area (Å²) in [5, 5.41) is 3.55. The molecule has 1 aliphatic heterocycles. The summed E-state index contributed by atoms with van der Waals surface area (Å²) in [6.45, 7) is 3.42. The van der Waals surface area contributed by atoms with E-state index in [9.17, 15) is 14.4 Å². The summed E-state index contributed by atoms with van der Waals surface area (Å²) in [5.74, 6) is 1.13. The molecule has 2 amide bonds. The predicted molar refractivity (Wildman–Crippen MR) is 141 cm³/mol. The first-order valence-electron chi connectivity index (χ1n) is 12.8. The molecule has 8 heteroatoms. The van der Waals surface area contributed by atoms with Gasteiger partial charge >= 0.3 is 0 Å². The van der Waals surface area contributed by atoms with E-state index in [2.05, 4.69) is 17.2 Å². The van der Waals surface area contributed by atoms with Gasteiger partial charge in [-0.3, -0.25) is 14.6 Å². The Morgan fingerprint density at radius 2 is 1.86 bits per heavy atom. The number of aryl methyl sites for hydroxylation is 1. The SMILES string of the molecule is CCc1cc(OCCCCOc2cccc3c2CN(C(C=O)CCC(=O)NC)C3=O)c2ccccc2n1. The number of hydrogen-bond donors (Lipinski definition) is 1. The number of nitrogens with zero attached hydrogens (tertiary/aromatic N) is 2. The molecule has 0 spiro atoms. The lowest BCUT2D eigenvalue weighted by Crippen LogP contribution is -2.37. The van der Waals surface area contributed by atoms with Crippen molar-refractivity contribution in [3.8, 4) is 11.5 Å². The molecule has 2 heterocycles. The zero-order valence-corrected chi connectivity index (χ0v) is 21.4. The quantitative estimate of drug-likeness (QED) is 0.279. The van der Waals surface area contributed by atoms with Crippen LogP contribution in [-0.4, -0.2) is 54.3 Å². The normalized spacial score (nSPS) is 13.4. The van der Waals surface area contributed by atoms with Crippen LogP contribution in [0.3, 0.4) is 0 Å². The van der Waals surface area contributed by atoms with Crippen LogP contribution in [0, 0.1) is 0 Å². The molecule has 3 aromatic rings. The Morgan fingerprint density at radius 3 is 2.59 bits per heavy atom. The highest BCUT2D eigenvalue weighted by atomic mass is 16.5. The molecule has 194 valence electrons. The molecule has 0 fully saturated rings. The lowest BCUT2D eigenvalue weighted by Gasteiger charge is -2.22. The Labute approximate surface area is 217 Å². The highest BCUT2D eigenvalue weighted by Gasteiger charge is 2.34. The lowest BCUT2D eigenvalue weighted by molar-refractivity contribution is -0.121. The van der Waals surface area contributed by atoms with Gasteiger partial charge < -0.3 is 24.5 Å². The van der Waals surface area contributed by atoms with Gasteiger partial charge in [-0.1, -0.05) is 25.1 Å². The Hall–Kier alpha value is -3.94. The maximum Gasteiger partial charge on any atom is 0.255 e. The Bertz CT molecular complexity index is 1280. The molecule has 37 heavy (non-hydrogen) atoms. The molecular weight excluding hydrogens is 470 g/mol. The topological polar surface area (TPSA) is 97.8 Å². The van der Waals surface area contributed by atoms with Crippen molar-refractivity contribution < 1.29 is 23.9 Å². The molecule has 1 atom stereocenters. The van der Waals surface area contributed by atoms with E-state index in [-0.39, 0.29) is 24.7 Å². The average Bonchev–Trinajstić information content (AvgIpc) is 3.27. The van der Waals surface area contributed by atoms with Crippen LogP contribution in [0.25, 0.3) is 10.9 Å². The molecule has 4 rings (SSSR count). The number of carbonyl (C=O) groups is 3. The maximum absolute atomic E-state index is 12.9. The van der Waals surface area contributed by atoms with E-state index >= 15 is 0 Å². The van der Waals surface area contributed by atoms with Crippen LogP contribution in [0.4, 0.5) is 0 Å². The number of aldehydes is 1. The van der Waals surface area contributed by atoms with Gasteiger partial charge in [0.2, 0.25) is 5.91 Å². The van der Waals surface area contributed by atoms with Crippen LogP contribution >= 0.6 is 0 Å². The minimum Gasteiger partial charge on any atom is -0.493 e. The monoisotopic (exact) mass is 503 g/mol. The van der Waals surface area contributed by atoms with Gasteiger partial charge in [-0.2, -0.15) is 0 Å². The molecule has 0 saturated heterocycles. The summed E-state index contributed by atoms with van der Waals surface area (Å²) in [6, 6.07) is 14.7. The number of para-hydroxylation sites is 1. The van der Waals surface area contributed by atoms with E-state index < -0.39 is 6.04 Å². The highest BCUT2D eigenvalue weighted by molar-refractivity contribution is 6.00. The number of pyridine rings is 1. The number of hydrogen-bond acceptors (Lipinski definition) is 6. The third-order valence-electron chi connectivity index (χ3n) is 6.60. The first kappa shape index (κ1) is 26.1. The minimum absolute atomic E-state index is 0.160. The molecule has 0 saturated carbocycles. The summed E-state index contributed by atoms with van der Waals surface area (Å²) >= 11 is 0. The number of carbonyl (C=O) groups excluding carboxylic acids is 3. The Balaban J connectivity index is 1.30. The zero-order valence-electron chi connectivity index (χ0n) is 21.4. The van der Waals surface area contributed by atoms with Gasteiger partial charge in [-0.15, -0.1) is 0 Å². The fourth-order valence-electron chi connectivity index (χ4n) is 4.49. The molecule has 1 aromatic heterocycles. The third-order valence-corrected chi connectivity index (χ3v) is 6.60. The number of fused-ring (bicyclic) bond motifs is 2. The van der Waals surface area contributed by atoms with E-state index in [1.807, 2.05) is 36.4 Å². The first-order valence-corrected chi connectivity index (χ1v) is 12.8. The molecule has 1 aliphatic rings. The van der Waals surface area contributed by atoms with Crippen LogP contribution in [0.15, 0.2) is 48.5 Å². The number of ether oxygens (including phenoxy) is 2. The summed E-state index contributed by atoms with van der Waals surface area (Å²) in [7, 11) is 1.55. The van der Waals surface area contributed by atoms with Gasteiger partial charge in [-0.05, 0) is 49.9 Å². The van der Waals surface area contributed by atoms with E-state index in [1.54, 1.807) is 19.2 Å². The van der Waals surface area contributed by atoms with E-state index in [1.165, 1.54) is 4.90 Å². The van der Waals surface area contributed by atoms with Crippen molar-refractivity contribution in [2.24, 2.45) is 0 Å². The smallest absolute Gasteiger partial charge is 0.255 e. The second-order valence-corrected chi connectivity index (χ2v) is 9.02. The molecule has 1 N–H and O–H groups in total. The van der Waals surface area contributed by atoms with Crippen molar-refractivity contribution in [1.29, 1.82) is 0 Å². The molecule has 0 bridgehead atoms. The van der Waals surface area contributed by atoms with E-state index in [0.717, 1.165) is 53.5 Å². The van der Waals surface area contributed by atoms with Crippen LogP contribution in [0.1, 0.15) is 54.2 Å². The first-order chi connectivity index (χ1) is 18.0. The van der Waals surface area contributed by atoms with Crippen LogP contribution in [-0.2, 0) is 22.6 Å². The highest BCUT2D eigenvalue weighted by Crippen LogP contribution is 2.33. The van der Waals surface area contributed by atoms with Gasteiger partial charge in [0.15, 0.2) is 0 Å². The number of unbranched alkanes of at least 4 members (excludes halogenated alkanes) is 1. The second-order valence-electron chi connectivity index (χ2n) is 9.02. The Kier molecular flexibility index (Phi) is 8.72. The Morgan fingerprint density at radius 1 is 1.11 bits per heavy atom. The number of rotatable bonds is 13.